The Kier molecular flexibility index (Phi) is 2.91. The third-order valence-corrected chi connectivity index (χ3v) is 4.66. The smallest absolute Gasteiger partial charge is 0.159 e. The fraction of sp³-hybridized carbons (Fsp3) is 0.150. The molecular formula is C20H18N2O. The van der Waals surface area contributed by atoms with Gasteiger partial charge in [0, 0.05) is 41.5 Å². The van der Waals surface area contributed by atoms with E-state index < -0.39 is 0 Å². The minimum Gasteiger partial charge on any atom is -0.342 e. The summed E-state index contributed by atoms with van der Waals surface area (Å²) in [5.74, 6) is 0.0990. The Morgan fingerprint density at radius 1 is 0.783 bits per heavy atom. The maximum atomic E-state index is 11.6. The van der Waals surface area contributed by atoms with Gasteiger partial charge in [-0.05, 0) is 43.3 Å². The zero-order valence-corrected chi connectivity index (χ0v) is 13.5. The third kappa shape index (κ3) is 2.00. The second-order valence-corrected chi connectivity index (χ2v) is 6.07. The van der Waals surface area contributed by atoms with E-state index in [0.29, 0.717) is 0 Å². The molecule has 0 spiro atoms. The number of para-hydroxylation sites is 1. The van der Waals surface area contributed by atoms with Gasteiger partial charge < -0.3 is 9.13 Å². The van der Waals surface area contributed by atoms with Gasteiger partial charge in [-0.15, -0.1) is 0 Å². The van der Waals surface area contributed by atoms with E-state index in [1.54, 1.807) is 6.92 Å². The Morgan fingerprint density at radius 2 is 1.39 bits per heavy atom. The van der Waals surface area contributed by atoms with Crippen LogP contribution in [-0.2, 0) is 14.1 Å². The minimum atomic E-state index is 0.0990. The van der Waals surface area contributed by atoms with Crippen molar-refractivity contribution in [1.29, 1.82) is 0 Å². The van der Waals surface area contributed by atoms with Crippen LogP contribution in [0.15, 0.2) is 54.6 Å². The van der Waals surface area contributed by atoms with E-state index in [0.717, 1.165) is 22.2 Å². The molecule has 0 radical (unpaired) electrons. The second-order valence-electron chi connectivity index (χ2n) is 6.07. The highest BCUT2D eigenvalue weighted by Crippen LogP contribution is 2.31. The van der Waals surface area contributed by atoms with Gasteiger partial charge in [-0.1, -0.05) is 18.2 Å². The summed E-state index contributed by atoms with van der Waals surface area (Å²) in [5.41, 5.74) is 5.44. The van der Waals surface area contributed by atoms with Crippen LogP contribution in [0.5, 0.6) is 0 Å². The predicted octanol–water partition coefficient (Wildman–Crippen LogP) is 4.54. The highest BCUT2D eigenvalue weighted by atomic mass is 16.1. The van der Waals surface area contributed by atoms with Crippen molar-refractivity contribution in [3.8, 4) is 11.4 Å². The molecule has 0 saturated carbocycles. The van der Waals surface area contributed by atoms with Gasteiger partial charge in [0.25, 0.3) is 0 Å². The molecule has 2 aromatic heterocycles. The fourth-order valence-electron chi connectivity index (χ4n) is 3.35. The first-order valence-electron chi connectivity index (χ1n) is 7.71. The number of aromatic nitrogens is 2. The van der Waals surface area contributed by atoms with E-state index in [1.807, 2.05) is 18.2 Å². The number of nitrogens with zero attached hydrogens (tertiary/aromatic N) is 2. The van der Waals surface area contributed by atoms with Gasteiger partial charge >= 0.3 is 0 Å². The first-order valence-corrected chi connectivity index (χ1v) is 7.71. The van der Waals surface area contributed by atoms with Crippen LogP contribution >= 0.6 is 0 Å². The molecule has 3 heteroatoms. The molecule has 0 N–H and O–H groups in total. The van der Waals surface area contributed by atoms with Crippen molar-refractivity contribution in [3.63, 3.8) is 0 Å². The number of ketones is 1. The highest BCUT2D eigenvalue weighted by Gasteiger charge is 2.13. The lowest BCUT2D eigenvalue weighted by atomic mass is 10.1. The predicted molar refractivity (Wildman–Crippen MR) is 94.8 cm³/mol. The van der Waals surface area contributed by atoms with E-state index in [-0.39, 0.29) is 5.78 Å². The molecule has 114 valence electrons. The first kappa shape index (κ1) is 13.8. The summed E-state index contributed by atoms with van der Waals surface area (Å²) in [4.78, 5) is 11.6. The van der Waals surface area contributed by atoms with Gasteiger partial charge in [0.05, 0.1) is 11.4 Å². The number of fused-ring (bicyclic) bond motifs is 2. The number of Topliss-reactive ketones (excluding diaryl/α,β-unsaturated/α-hetero) is 1. The molecule has 0 fully saturated rings. The highest BCUT2D eigenvalue weighted by molar-refractivity contribution is 5.99. The van der Waals surface area contributed by atoms with E-state index in [4.69, 9.17) is 0 Å². The average molecular weight is 302 g/mol. The Morgan fingerprint density at radius 3 is 2.04 bits per heavy atom. The maximum absolute atomic E-state index is 11.6. The number of hydrogen-bond acceptors (Lipinski definition) is 1. The summed E-state index contributed by atoms with van der Waals surface area (Å²) >= 11 is 0. The van der Waals surface area contributed by atoms with Gasteiger partial charge in [-0.2, -0.15) is 0 Å². The topological polar surface area (TPSA) is 26.9 Å². The molecule has 0 unspecified atom stereocenters. The van der Waals surface area contributed by atoms with Crippen LogP contribution in [0.1, 0.15) is 17.3 Å². The summed E-state index contributed by atoms with van der Waals surface area (Å²) in [6.07, 6.45) is 0. The van der Waals surface area contributed by atoms with Crippen LogP contribution in [0.4, 0.5) is 0 Å². The third-order valence-electron chi connectivity index (χ3n) is 4.66. The molecule has 0 atom stereocenters. The van der Waals surface area contributed by atoms with Crippen molar-refractivity contribution in [2.24, 2.45) is 14.1 Å². The number of hydrogen-bond donors (Lipinski definition) is 0. The fourth-order valence-corrected chi connectivity index (χ4v) is 3.35. The lowest BCUT2D eigenvalue weighted by Crippen LogP contribution is -1.97. The van der Waals surface area contributed by atoms with E-state index in [1.165, 1.54) is 16.6 Å². The van der Waals surface area contributed by atoms with Gasteiger partial charge in [0.1, 0.15) is 0 Å². The monoisotopic (exact) mass is 302 g/mol. The molecule has 0 bridgehead atoms. The van der Waals surface area contributed by atoms with E-state index in [9.17, 15) is 4.79 Å². The van der Waals surface area contributed by atoms with Crippen LogP contribution in [0.2, 0.25) is 0 Å². The van der Waals surface area contributed by atoms with Crippen LogP contribution in [0, 0.1) is 0 Å². The van der Waals surface area contributed by atoms with Crippen LogP contribution in [0.25, 0.3) is 33.2 Å². The number of carbonyl (C=O) groups excluding carboxylic acids is 1. The van der Waals surface area contributed by atoms with Crippen molar-refractivity contribution in [3.05, 3.63) is 60.2 Å². The van der Waals surface area contributed by atoms with E-state index in [2.05, 4.69) is 59.6 Å². The van der Waals surface area contributed by atoms with Gasteiger partial charge in [-0.25, -0.2) is 0 Å². The number of carbonyl (C=O) groups is 1. The van der Waals surface area contributed by atoms with Crippen LogP contribution in [-0.4, -0.2) is 14.9 Å². The number of rotatable bonds is 2. The molecule has 0 amide bonds. The average Bonchev–Trinajstić information content (AvgIpc) is 3.05. The summed E-state index contributed by atoms with van der Waals surface area (Å²) in [7, 11) is 4.17. The van der Waals surface area contributed by atoms with Gasteiger partial charge in [0.15, 0.2) is 5.78 Å². The van der Waals surface area contributed by atoms with Gasteiger partial charge in [-0.3, -0.25) is 4.79 Å². The summed E-state index contributed by atoms with van der Waals surface area (Å²) in [6, 6.07) is 18.7. The Labute approximate surface area is 134 Å². The maximum Gasteiger partial charge on any atom is 0.159 e. The van der Waals surface area contributed by atoms with Crippen molar-refractivity contribution < 1.29 is 4.79 Å². The van der Waals surface area contributed by atoms with Crippen LogP contribution < -0.4 is 0 Å². The van der Waals surface area contributed by atoms with Crippen molar-refractivity contribution in [2.75, 3.05) is 0 Å². The quantitative estimate of drug-likeness (QED) is 0.499. The molecule has 3 nitrogen and oxygen atoms in total. The van der Waals surface area contributed by atoms with Crippen molar-refractivity contribution in [1.82, 2.24) is 9.13 Å². The second kappa shape index (κ2) is 4.85. The number of benzene rings is 2. The van der Waals surface area contributed by atoms with E-state index >= 15 is 0 Å². The molecule has 4 rings (SSSR count). The Bertz CT molecular complexity index is 1070. The molecule has 0 aliphatic carbocycles. The molecule has 23 heavy (non-hydrogen) atoms. The molecular weight excluding hydrogens is 284 g/mol. The Hall–Kier alpha value is -2.81. The molecule has 0 aliphatic heterocycles. The zero-order chi connectivity index (χ0) is 16.1. The lowest BCUT2D eigenvalue weighted by Gasteiger charge is -2.06. The normalized spacial score (nSPS) is 11.4. The SMILES string of the molecule is CC(=O)c1ccc2c(c1)cc(-c1cc3ccccc3n1C)n2C. The van der Waals surface area contributed by atoms with Crippen molar-refractivity contribution >= 4 is 27.6 Å². The van der Waals surface area contributed by atoms with Crippen molar-refractivity contribution in [2.45, 2.75) is 6.92 Å². The van der Waals surface area contributed by atoms with Crippen LogP contribution in [0.3, 0.4) is 0 Å². The minimum absolute atomic E-state index is 0.0990. The first-order chi connectivity index (χ1) is 11.1. The summed E-state index contributed by atoms with van der Waals surface area (Å²) < 4.78 is 4.41. The standard InChI is InChI=1S/C20H18N2O/c1-13(23)14-8-9-18-16(10-14)12-20(22(18)3)19-11-15-6-4-5-7-17(15)21(19)2/h4-12H,1-3H3. The number of aryl methyl sites for hydroxylation is 2. The molecule has 2 aromatic carbocycles. The van der Waals surface area contributed by atoms with Gasteiger partial charge in [0.2, 0.25) is 0 Å². The largest absolute Gasteiger partial charge is 0.342 e. The molecule has 0 saturated heterocycles. The molecule has 2 heterocycles. The summed E-state index contributed by atoms with van der Waals surface area (Å²) in [5, 5.41) is 2.33. The Balaban J connectivity index is 1.99. The summed E-state index contributed by atoms with van der Waals surface area (Å²) in [6.45, 7) is 1.61. The zero-order valence-electron chi connectivity index (χ0n) is 13.5. The molecule has 4 aromatic rings. The molecule has 0 aliphatic rings. The lowest BCUT2D eigenvalue weighted by molar-refractivity contribution is 0.101.